The number of Topliss-reactive ketones (excluding diaryl/α,β-unsaturated/α-hetero) is 1. The van der Waals surface area contributed by atoms with Gasteiger partial charge in [0, 0.05) is 11.1 Å². The van der Waals surface area contributed by atoms with Crippen molar-refractivity contribution >= 4 is 28.3 Å². The lowest BCUT2D eigenvalue weighted by Gasteiger charge is -2.11. The van der Waals surface area contributed by atoms with Crippen molar-refractivity contribution in [2.45, 2.75) is 19.4 Å². The van der Waals surface area contributed by atoms with E-state index in [-0.39, 0.29) is 11.5 Å². The van der Waals surface area contributed by atoms with Crippen LogP contribution >= 0.6 is 11.6 Å². The summed E-state index contributed by atoms with van der Waals surface area (Å²) in [6.07, 6.45) is 0. The van der Waals surface area contributed by atoms with Gasteiger partial charge in [-0.1, -0.05) is 17.3 Å². The summed E-state index contributed by atoms with van der Waals surface area (Å²) in [5, 5.41) is 3.23. The molecule has 1 aliphatic heterocycles. The van der Waals surface area contributed by atoms with E-state index in [0.29, 0.717) is 11.1 Å². The average molecular weight is 252 g/mol. The fourth-order valence-corrected chi connectivity index (χ4v) is 1.60. The Bertz CT molecular complexity index is 517. The second-order valence-electron chi connectivity index (χ2n) is 4.22. The molecule has 0 fully saturated rings. The first-order valence-electron chi connectivity index (χ1n) is 5.03. The topological polar surface area (TPSA) is 55.7 Å². The molecule has 0 atom stereocenters. The summed E-state index contributed by atoms with van der Waals surface area (Å²) in [5.74, 6) is -0.178. The quantitative estimate of drug-likeness (QED) is 0.757. The standard InChI is InChI=1S/C12H10ClNO3/c1-12(2)10(15)9(14-17-12)7-3-5-8(6-4-7)11(13)16/h3-6H,1-2H3. The van der Waals surface area contributed by atoms with Crippen molar-refractivity contribution in [2.24, 2.45) is 5.16 Å². The number of carbonyl (C=O) groups is 2. The second-order valence-corrected chi connectivity index (χ2v) is 4.56. The zero-order valence-corrected chi connectivity index (χ0v) is 10.1. The second kappa shape index (κ2) is 3.96. The van der Waals surface area contributed by atoms with Gasteiger partial charge in [-0.25, -0.2) is 0 Å². The lowest BCUT2D eigenvalue weighted by molar-refractivity contribution is -0.128. The van der Waals surface area contributed by atoms with E-state index in [2.05, 4.69) is 5.16 Å². The summed E-state index contributed by atoms with van der Waals surface area (Å²) < 4.78 is 0. The molecular weight excluding hydrogens is 242 g/mol. The largest absolute Gasteiger partial charge is 0.381 e. The molecule has 88 valence electrons. The normalized spacial score (nSPS) is 17.6. The highest BCUT2D eigenvalue weighted by Crippen LogP contribution is 2.22. The molecule has 0 spiro atoms. The number of nitrogens with zero attached hydrogens (tertiary/aromatic N) is 1. The fraction of sp³-hybridized carbons (Fsp3) is 0.250. The average Bonchev–Trinajstić information content (AvgIpc) is 2.55. The lowest BCUT2D eigenvalue weighted by Crippen LogP contribution is -2.33. The van der Waals surface area contributed by atoms with Crippen LogP contribution in [0.5, 0.6) is 0 Å². The van der Waals surface area contributed by atoms with Crippen LogP contribution in [0.25, 0.3) is 0 Å². The molecule has 0 unspecified atom stereocenters. The van der Waals surface area contributed by atoms with Crippen molar-refractivity contribution in [3.8, 4) is 0 Å². The summed E-state index contributed by atoms with van der Waals surface area (Å²) in [6.45, 7) is 3.31. The number of ketones is 1. The molecule has 0 aliphatic carbocycles. The monoisotopic (exact) mass is 251 g/mol. The van der Waals surface area contributed by atoms with Crippen LogP contribution in [0.3, 0.4) is 0 Å². The van der Waals surface area contributed by atoms with Crippen LogP contribution in [0.2, 0.25) is 0 Å². The Balaban J connectivity index is 2.31. The molecule has 0 amide bonds. The maximum absolute atomic E-state index is 11.9. The van der Waals surface area contributed by atoms with E-state index in [1.165, 1.54) is 0 Å². The predicted molar refractivity (Wildman–Crippen MR) is 63.3 cm³/mol. The summed E-state index contributed by atoms with van der Waals surface area (Å²) in [6, 6.07) is 6.34. The molecule has 0 saturated heterocycles. The van der Waals surface area contributed by atoms with Crippen LogP contribution in [0.1, 0.15) is 29.8 Å². The molecule has 1 aliphatic rings. The van der Waals surface area contributed by atoms with Gasteiger partial charge in [0.25, 0.3) is 5.24 Å². The van der Waals surface area contributed by atoms with Crippen molar-refractivity contribution < 1.29 is 14.4 Å². The first-order chi connectivity index (χ1) is 7.92. The summed E-state index contributed by atoms with van der Waals surface area (Å²) >= 11 is 5.33. The number of hydrogen-bond acceptors (Lipinski definition) is 4. The number of benzene rings is 1. The van der Waals surface area contributed by atoms with Gasteiger partial charge in [0.2, 0.25) is 5.78 Å². The first kappa shape index (κ1) is 11.8. The van der Waals surface area contributed by atoms with Crippen LogP contribution < -0.4 is 0 Å². The third-order valence-electron chi connectivity index (χ3n) is 2.51. The molecule has 5 heteroatoms. The van der Waals surface area contributed by atoms with E-state index < -0.39 is 10.8 Å². The van der Waals surface area contributed by atoms with Gasteiger partial charge in [-0.05, 0) is 37.6 Å². The molecule has 1 heterocycles. The number of rotatable bonds is 2. The minimum Gasteiger partial charge on any atom is -0.381 e. The maximum Gasteiger partial charge on any atom is 0.252 e. The first-order valence-corrected chi connectivity index (χ1v) is 5.41. The molecule has 0 N–H and O–H groups in total. The summed E-state index contributed by atoms with van der Waals surface area (Å²) in [4.78, 5) is 27.8. The van der Waals surface area contributed by atoms with Gasteiger partial charge in [0.15, 0.2) is 11.3 Å². The van der Waals surface area contributed by atoms with Crippen molar-refractivity contribution in [2.75, 3.05) is 0 Å². The molecule has 0 aromatic heterocycles. The van der Waals surface area contributed by atoms with Crippen molar-refractivity contribution in [1.29, 1.82) is 0 Å². The highest BCUT2D eigenvalue weighted by molar-refractivity contribution is 6.67. The van der Waals surface area contributed by atoms with E-state index in [1.807, 2.05) is 0 Å². The molecule has 0 saturated carbocycles. The van der Waals surface area contributed by atoms with Crippen LogP contribution in [0.4, 0.5) is 0 Å². The Morgan fingerprint density at radius 3 is 2.29 bits per heavy atom. The van der Waals surface area contributed by atoms with Gasteiger partial charge in [0.1, 0.15) is 0 Å². The third kappa shape index (κ3) is 2.08. The fourth-order valence-electron chi connectivity index (χ4n) is 1.47. The molecule has 2 rings (SSSR count). The highest BCUT2D eigenvalue weighted by atomic mass is 35.5. The van der Waals surface area contributed by atoms with E-state index >= 15 is 0 Å². The smallest absolute Gasteiger partial charge is 0.252 e. The molecule has 0 radical (unpaired) electrons. The van der Waals surface area contributed by atoms with E-state index in [1.54, 1.807) is 38.1 Å². The zero-order valence-electron chi connectivity index (χ0n) is 9.36. The van der Waals surface area contributed by atoms with Crippen molar-refractivity contribution in [3.63, 3.8) is 0 Å². The Kier molecular flexibility index (Phi) is 2.75. The zero-order chi connectivity index (χ0) is 12.6. The van der Waals surface area contributed by atoms with E-state index in [9.17, 15) is 9.59 Å². The maximum atomic E-state index is 11.9. The third-order valence-corrected chi connectivity index (χ3v) is 2.73. The Labute approximate surface area is 103 Å². The van der Waals surface area contributed by atoms with Crippen LogP contribution in [-0.4, -0.2) is 22.3 Å². The summed E-state index contributed by atoms with van der Waals surface area (Å²) in [5.41, 5.74) is 0.337. The highest BCUT2D eigenvalue weighted by Gasteiger charge is 2.40. The van der Waals surface area contributed by atoms with Crippen LogP contribution in [0, 0.1) is 0 Å². The Hall–Kier alpha value is -1.68. The van der Waals surface area contributed by atoms with Gasteiger partial charge in [-0.15, -0.1) is 0 Å². The minimum absolute atomic E-state index is 0.178. The van der Waals surface area contributed by atoms with Gasteiger partial charge in [0.05, 0.1) is 0 Å². The van der Waals surface area contributed by atoms with Gasteiger partial charge in [-0.2, -0.15) is 0 Å². The lowest BCUT2D eigenvalue weighted by atomic mass is 9.96. The van der Waals surface area contributed by atoms with E-state index in [0.717, 1.165) is 0 Å². The van der Waals surface area contributed by atoms with Gasteiger partial charge in [-0.3, -0.25) is 9.59 Å². The number of oxime groups is 1. The van der Waals surface area contributed by atoms with Gasteiger partial charge >= 0.3 is 0 Å². The molecule has 0 bridgehead atoms. The Morgan fingerprint density at radius 1 is 1.29 bits per heavy atom. The number of halogens is 1. The predicted octanol–water partition coefficient (Wildman–Crippen LogP) is 2.15. The molecule has 1 aromatic carbocycles. The molecule has 4 nitrogen and oxygen atoms in total. The van der Waals surface area contributed by atoms with Crippen molar-refractivity contribution in [1.82, 2.24) is 0 Å². The van der Waals surface area contributed by atoms with Crippen molar-refractivity contribution in [3.05, 3.63) is 35.4 Å². The number of carbonyl (C=O) groups excluding carboxylic acids is 2. The minimum atomic E-state index is -0.920. The Morgan fingerprint density at radius 2 is 1.88 bits per heavy atom. The van der Waals surface area contributed by atoms with Crippen LogP contribution in [-0.2, 0) is 9.63 Å². The number of hydrogen-bond donors (Lipinski definition) is 0. The van der Waals surface area contributed by atoms with E-state index in [4.69, 9.17) is 16.4 Å². The SMILES string of the molecule is CC1(C)ON=C(c2ccc(C(=O)Cl)cc2)C1=O. The van der Waals surface area contributed by atoms with Gasteiger partial charge < -0.3 is 4.84 Å². The molecular formula is C12H10ClNO3. The summed E-state index contributed by atoms with van der Waals surface area (Å²) in [7, 11) is 0. The molecule has 17 heavy (non-hydrogen) atoms. The van der Waals surface area contributed by atoms with Crippen LogP contribution in [0.15, 0.2) is 29.4 Å². The molecule has 1 aromatic rings.